The number of aliphatic hydroxyl groups is 1. The second-order valence-corrected chi connectivity index (χ2v) is 21.7. The molecule has 3 fully saturated rings. The zero-order valence-electron chi connectivity index (χ0n) is 50.2. The second kappa shape index (κ2) is 43.0. The molecule has 1 aliphatic heterocycles. The Kier molecular flexibility index (Phi) is 38.8. The number of nitrogens with zero attached hydrogens (tertiary/aromatic N) is 6. The van der Waals surface area contributed by atoms with Crippen molar-refractivity contribution in [2.24, 2.45) is 0 Å². The Bertz CT molecular complexity index is 3340. The van der Waals surface area contributed by atoms with Gasteiger partial charge in [-0.3, -0.25) is 14.5 Å². The quantitative estimate of drug-likeness (QED) is 0.0263. The van der Waals surface area contributed by atoms with Crippen LogP contribution in [-0.2, 0) is 40.4 Å². The third-order valence-corrected chi connectivity index (χ3v) is 15.0. The van der Waals surface area contributed by atoms with Crippen LogP contribution in [0.3, 0.4) is 0 Å². The molecule has 2 amide bonds. The van der Waals surface area contributed by atoms with Gasteiger partial charge in [-0.15, -0.1) is 0 Å². The summed E-state index contributed by atoms with van der Waals surface area (Å²) in [4.78, 5) is 67.4. The summed E-state index contributed by atoms with van der Waals surface area (Å²) in [5.41, 5.74) is 29.3. The smallest absolute Gasteiger partial charge is 0.870 e. The van der Waals surface area contributed by atoms with Crippen LogP contribution in [0.2, 0.25) is 15.5 Å². The number of methoxy groups -OCH3 is 1. The van der Waals surface area contributed by atoms with Crippen LogP contribution in [0.5, 0.6) is 0 Å². The predicted octanol–water partition coefficient (Wildman–Crippen LogP) is 7.52. The molecule has 494 valence electrons. The molecule has 92 heavy (non-hydrogen) atoms. The first-order valence-corrected chi connectivity index (χ1v) is 29.3. The van der Waals surface area contributed by atoms with Crippen LogP contribution in [0.25, 0.3) is 0 Å². The minimum Gasteiger partial charge on any atom is -0.870 e. The fourth-order valence-corrected chi connectivity index (χ4v) is 10.1. The molecule has 3 aliphatic rings. The predicted molar refractivity (Wildman–Crippen MR) is 360 cm³/mol. The first-order chi connectivity index (χ1) is 41.9. The van der Waals surface area contributed by atoms with Crippen molar-refractivity contribution in [3.05, 3.63) is 199 Å². The minimum atomic E-state index is -1.10. The molecule has 0 radical (unpaired) electrons. The third-order valence-electron chi connectivity index (χ3n) is 14.3. The molecule has 0 bridgehead atoms. The zero-order valence-corrected chi connectivity index (χ0v) is 54.5. The first-order valence-electron chi connectivity index (χ1n) is 28.1. The van der Waals surface area contributed by atoms with Gasteiger partial charge in [-0.1, -0.05) is 142 Å². The molecule has 13 N–H and O–H groups in total. The van der Waals surface area contributed by atoms with Gasteiger partial charge in [0, 0.05) is 51.9 Å². The van der Waals surface area contributed by atoms with Gasteiger partial charge in [-0.2, -0.15) is 0 Å². The maximum Gasteiger partial charge on any atom is 1.00 e. The van der Waals surface area contributed by atoms with Crippen LogP contribution >= 0.6 is 34.8 Å². The summed E-state index contributed by atoms with van der Waals surface area (Å²) >= 11 is 16.7. The Morgan fingerprint density at radius 3 is 1.33 bits per heavy atom. The van der Waals surface area contributed by atoms with Crippen molar-refractivity contribution in [3.8, 4) is 0 Å². The molecule has 4 atom stereocenters. The van der Waals surface area contributed by atoms with E-state index < -0.39 is 11.9 Å². The van der Waals surface area contributed by atoms with Crippen molar-refractivity contribution in [1.29, 1.82) is 0 Å². The number of pyridine rings is 4. The van der Waals surface area contributed by atoms with Gasteiger partial charge in [-0.25, -0.2) is 29.5 Å². The van der Waals surface area contributed by atoms with Gasteiger partial charge in [0.15, 0.2) is 0 Å². The van der Waals surface area contributed by atoms with Crippen LogP contribution < -0.4 is 63.1 Å². The maximum atomic E-state index is 13.0. The Labute approximate surface area is 577 Å². The number of carbonyl (C=O) groups is 4. The van der Waals surface area contributed by atoms with Gasteiger partial charge in [0.1, 0.15) is 49.9 Å². The molecule has 3 aromatic carbocycles. The number of nitrogens with two attached hydrogens (primary N) is 4. The largest absolute Gasteiger partial charge is 1.00 e. The van der Waals surface area contributed by atoms with Gasteiger partial charge in [0.25, 0.3) is 11.8 Å². The molecule has 0 spiro atoms. The van der Waals surface area contributed by atoms with E-state index in [2.05, 4.69) is 88.6 Å². The van der Waals surface area contributed by atoms with Crippen molar-refractivity contribution >= 4 is 81.8 Å². The SMILES string of the molecule is C.C.C.CN1CCN(Cc2ccc(Cc3ccc(C(=O)N[C@H]4CCC[C@@H]4OCc4ccccc4)c(N)n3)cc2)CC1.CO.COC(=O)c1ccc(Cl)nc1N.Nc1nc(Cl)ccc1C(=O)N[C@H]1CCC[C@@H]1OCc1ccccc1.Nc1nc(Cl)ccc1C(=O)O.[Na+].[OH-]. The fourth-order valence-electron chi connectivity index (χ4n) is 9.68. The number of esters is 1. The van der Waals surface area contributed by atoms with Crippen molar-refractivity contribution in [2.45, 2.75) is 111 Å². The van der Waals surface area contributed by atoms with E-state index in [1.807, 2.05) is 54.6 Å². The normalized spacial score (nSPS) is 16.1. The molecule has 7 aromatic rings. The van der Waals surface area contributed by atoms with Gasteiger partial charge < -0.3 is 68.4 Å². The number of nitrogen functional groups attached to an aromatic ring is 4. The summed E-state index contributed by atoms with van der Waals surface area (Å²) in [6.45, 7) is 6.57. The number of amides is 2. The number of aromatic carboxylic acids is 1. The summed E-state index contributed by atoms with van der Waals surface area (Å²) in [5, 5.41) is 22.4. The molecule has 2 aliphatic carbocycles. The standard InChI is InChI=1S/C31H39N5O2.C18H20ClN3O2.C7H7ClN2O2.C6H5ClN2O2.CH4O.3CH4.Na.H2O/c1-35-16-18-36(19-17-35)21-24-12-10-23(11-13-24)20-26-14-15-27(30(32)33-26)31(37)34-28-8-5-9-29(28)38-22-25-6-3-2-4-7-25;19-16-10-9-13(17(20)22-16)18(23)21-14-7-4-8-15(14)24-11-12-5-2-1-3-6-12;1-12-7(11)4-2-3-5(8)10-6(4)9;7-4-2-1-3(6(10)11)5(8)9-4;1-2;;;;;/h2-4,6-7,10-15,28-29H,5,8-9,16-22H2,1H3,(H2,32,33)(H,34,37);1-3,5-6,9-10,14-15H,4,7-8,11H2,(H2,20,22)(H,21,23);2-3H,1H3,(H2,9,10);1-2H,(H2,8,9)(H,10,11);2H,1H3;3*1H4;;1H2/q;;;;;;;;+1;/p-1/t28-,29-;14-,15-;;;;;;;;/m00......../s1. The van der Waals surface area contributed by atoms with Crippen LogP contribution in [-0.4, -0.2) is 141 Å². The Balaban J connectivity index is 0.000000670. The molecule has 1 saturated heterocycles. The average Bonchev–Trinajstić information content (AvgIpc) is 1.63. The number of rotatable bonds is 16. The van der Waals surface area contributed by atoms with E-state index >= 15 is 0 Å². The number of carbonyl (C=O) groups excluding carboxylic acids is 3. The molecule has 5 heterocycles. The molecular weight excluding hydrogens is 1250 g/mol. The number of carboxylic acids is 1. The van der Waals surface area contributed by atoms with Gasteiger partial charge >= 0.3 is 41.5 Å². The Hall–Kier alpha value is -7.03. The number of hydrogen-bond donors (Lipinski definition) is 8. The number of likely N-dealkylation sites (N-methyl/N-ethyl adjacent to an activating group) is 1. The van der Waals surface area contributed by atoms with E-state index in [1.54, 1.807) is 18.2 Å². The number of aromatic nitrogens is 4. The fraction of sp³-hybridized carbons (Fsp3) is 0.364. The van der Waals surface area contributed by atoms with Crippen LogP contribution in [0, 0.1) is 0 Å². The van der Waals surface area contributed by atoms with Crippen LogP contribution in [0.15, 0.2) is 133 Å². The number of aliphatic hydroxyl groups excluding tert-OH is 1. The number of carboxylic acid groups (broad SMARTS) is 1. The minimum absolute atomic E-state index is 0. The number of benzene rings is 3. The number of hydrogen-bond acceptors (Lipinski definition) is 19. The van der Waals surface area contributed by atoms with Gasteiger partial charge in [-0.05, 0) is 116 Å². The van der Waals surface area contributed by atoms with E-state index in [-0.39, 0.29) is 143 Å². The van der Waals surface area contributed by atoms with Crippen molar-refractivity contribution in [1.82, 2.24) is 40.4 Å². The second-order valence-electron chi connectivity index (χ2n) is 20.5. The summed E-state index contributed by atoms with van der Waals surface area (Å²) in [7, 11) is 4.45. The van der Waals surface area contributed by atoms with Gasteiger partial charge in [0.05, 0.1) is 55.7 Å². The number of anilines is 4. The van der Waals surface area contributed by atoms with E-state index in [0.29, 0.717) is 30.8 Å². The molecule has 2 saturated carbocycles. The van der Waals surface area contributed by atoms with Gasteiger partial charge in [0.2, 0.25) is 0 Å². The maximum absolute atomic E-state index is 13.0. The van der Waals surface area contributed by atoms with Crippen molar-refractivity contribution in [2.75, 3.05) is 70.4 Å². The van der Waals surface area contributed by atoms with Crippen molar-refractivity contribution < 1.29 is 78.6 Å². The molecule has 26 heteroatoms. The summed E-state index contributed by atoms with van der Waals surface area (Å²) in [5.74, 6) is -1.62. The topological polar surface area (TPSA) is 353 Å². The number of ether oxygens (including phenoxy) is 3. The third kappa shape index (κ3) is 26.5. The summed E-state index contributed by atoms with van der Waals surface area (Å²) in [6.07, 6.45) is 6.43. The summed E-state index contributed by atoms with van der Waals surface area (Å²) in [6, 6.07) is 41.3. The van der Waals surface area contributed by atoms with E-state index in [1.165, 1.54) is 42.5 Å². The average molecular weight is 1340 g/mol. The molecule has 10 rings (SSSR count). The monoisotopic (exact) mass is 1340 g/mol. The molecular formula is C66H88Cl3N12NaO10. The van der Waals surface area contributed by atoms with Crippen LogP contribution in [0.4, 0.5) is 23.3 Å². The first kappa shape index (κ1) is 83.0. The number of halogens is 3. The number of nitrogens with one attached hydrogen (secondary N) is 2. The van der Waals surface area contributed by atoms with E-state index in [4.69, 9.17) is 77.4 Å². The van der Waals surface area contributed by atoms with E-state index in [0.717, 1.165) is 95.2 Å². The van der Waals surface area contributed by atoms with Crippen molar-refractivity contribution in [3.63, 3.8) is 0 Å². The Morgan fingerprint density at radius 1 is 0.533 bits per heavy atom. The summed E-state index contributed by atoms with van der Waals surface area (Å²) < 4.78 is 16.6. The Morgan fingerprint density at radius 2 is 0.924 bits per heavy atom. The molecule has 4 aromatic heterocycles. The zero-order chi connectivity index (χ0) is 62.8. The van der Waals surface area contributed by atoms with E-state index in [9.17, 15) is 19.2 Å². The molecule has 22 nitrogen and oxygen atoms in total. The number of piperazine rings is 1. The molecule has 0 unspecified atom stereocenters. The van der Waals surface area contributed by atoms with Crippen LogP contribution in [0.1, 0.15) is 130 Å².